The van der Waals surface area contributed by atoms with Crippen LogP contribution in [0.15, 0.2) is 29.2 Å². The van der Waals surface area contributed by atoms with Gasteiger partial charge in [0.05, 0.1) is 7.11 Å². The highest BCUT2D eigenvalue weighted by Gasteiger charge is 2.28. The number of carbonyl (C=O) groups excluding carboxylic acids is 2. The summed E-state index contributed by atoms with van der Waals surface area (Å²) >= 11 is 0. The fourth-order valence-electron chi connectivity index (χ4n) is 3.70. The maximum absolute atomic E-state index is 12.7. The molecular formula is C22H28N4O4. The van der Waals surface area contributed by atoms with Crippen molar-refractivity contribution in [2.45, 2.75) is 45.4 Å². The third-order valence-electron chi connectivity index (χ3n) is 5.46. The van der Waals surface area contributed by atoms with E-state index in [1.54, 1.807) is 18.3 Å². The topological polar surface area (TPSA) is 105 Å². The van der Waals surface area contributed by atoms with Gasteiger partial charge >= 0.3 is 0 Å². The molecule has 3 rings (SSSR count). The zero-order chi connectivity index (χ0) is 21.5. The molecule has 1 saturated heterocycles. The van der Waals surface area contributed by atoms with Crippen LogP contribution in [0.2, 0.25) is 0 Å². The molecule has 2 aromatic rings. The van der Waals surface area contributed by atoms with Gasteiger partial charge in [0.15, 0.2) is 5.78 Å². The maximum Gasteiger partial charge on any atom is 0.251 e. The fourth-order valence-corrected chi connectivity index (χ4v) is 3.70. The van der Waals surface area contributed by atoms with Crippen molar-refractivity contribution in [1.29, 1.82) is 0 Å². The number of likely N-dealkylation sites (tertiary alicyclic amines) is 1. The molecule has 0 aromatic carbocycles. The Hall–Kier alpha value is -3.03. The van der Waals surface area contributed by atoms with Crippen LogP contribution in [0.3, 0.4) is 0 Å². The van der Waals surface area contributed by atoms with Crippen molar-refractivity contribution in [2.75, 3.05) is 20.2 Å². The van der Waals surface area contributed by atoms with Crippen LogP contribution in [0, 0.1) is 5.92 Å². The van der Waals surface area contributed by atoms with Crippen LogP contribution < -0.4 is 10.3 Å². The molecule has 160 valence electrons. The summed E-state index contributed by atoms with van der Waals surface area (Å²) < 4.78 is 5.02. The SMILES string of the molecule is CCc1cc(=O)[nH]c(CCCC(=O)N2CCC(C(=O)c3ccc(OC)nc3)CC2)n1. The molecule has 0 aliphatic carbocycles. The summed E-state index contributed by atoms with van der Waals surface area (Å²) in [5.74, 6) is 1.18. The van der Waals surface area contributed by atoms with Gasteiger partial charge < -0.3 is 14.6 Å². The number of nitrogens with zero attached hydrogens (tertiary/aromatic N) is 3. The average molecular weight is 412 g/mol. The first-order valence-corrected chi connectivity index (χ1v) is 10.4. The van der Waals surface area contributed by atoms with E-state index in [0.717, 1.165) is 5.69 Å². The lowest BCUT2D eigenvalue weighted by molar-refractivity contribution is -0.132. The molecule has 0 spiro atoms. The van der Waals surface area contributed by atoms with Crippen molar-refractivity contribution in [3.8, 4) is 5.88 Å². The molecule has 1 aliphatic heterocycles. The van der Waals surface area contributed by atoms with E-state index in [0.29, 0.717) is 68.9 Å². The molecule has 0 saturated carbocycles. The number of pyridine rings is 1. The molecule has 0 atom stereocenters. The van der Waals surface area contributed by atoms with E-state index >= 15 is 0 Å². The second-order valence-corrected chi connectivity index (χ2v) is 7.50. The molecule has 30 heavy (non-hydrogen) atoms. The number of amides is 1. The van der Waals surface area contributed by atoms with E-state index in [-0.39, 0.29) is 23.2 Å². The van der Waals surface area contributed by atoms with E-state index in [9.17, 15) is 14.4 Å². The van der Waals surface area contributed by atoms with E-state index in [1.165, 1.54) is 13.2 Å². The number of methoxy groups -OCH3 is 1. The van der Waals surface area contributed by atoms with Crippen molar-refractivity contribution < 1.29 is 14.3 Å². The van der Waals surface area contributed by atoms with Gasteiger partial charge in [0.25, 0.3) is 5.56 Å². The third-order valence-corrected chi connectivity index (χ3v) is 5.46. The largest absolute Gasteiger partial charge is 0.481 e. The number of ether oxygens (including phenoxy) is 1. The Morgan fingerprint density at radius 3 is 2.67 bits per heavy atom. The van der Waals surface area contributed by atoms with E-state index in [1.807, 2.05) is 11.8 Å². The molecule has 0 unspecified atom stereocenters. The third kappa shape index (κ3) is 5.52. The van der Waals surface area contributed by atoms with E-state index in [2.05, 4.69) is 15.0 Å². The predicted molar refractivity (Wildman–Crippen MR) is 112 cm³/mol. The van der Waals surface area contributed by atoms with Gasteiger partial charge in [-0.05, 0) is 31.7 Å². The number of carbonyl (C=O) groups is 2. The smallest absolute Gasteiger partial charge is 0.251 e. The van der Waals surface area contributed by atoms with Crippen molar-refractivity contribution in [2.24, 2.45) is 5.92 Å². The van der Waals surface area contributed by atoms with Crippen molar-refractivity contribution in [1.82, 2.24) is 19.9 Å². The van der Waals surface area contributed by atoms with Crippen LogP contribution in [0.5, 0.6) is 5.88 Å². The number of aromatic amines is 1. The zero-order valence-corrected chi connectivity index (χ0v) is 17.5. The summed E-state index contributed by atoms with van der Waals surface area (Å²) in [6.45, 7) is 3.12. The summed E-state index contributed by atoms with van der Waals surface area (Å²) in [4.78, 5) is 49.9. The summed E-state index contributed by atoms with van der Waals surface area (Å²) in [6, 6.07) is 4.92. The molecule has 1 fully saturated rings. The molecule has 1 aliphatic rings. The Balaban J connectivity index is 1.45. The molecule has 0 radical (unpaired) electrons. The number of H-pyrrole nitrogens is 1. The first-order valence-electron chi connectivity index (χ1n) is 10.4. The Labute approximate surface area is 175 Å². The monoisotopic (exact) mass is 412 g/mol. The van der Waals surface area contributed by atoms with Crippen LogP contribution in [0.4, 0.5) is 0 Å². The predicted octanol–water partition coefficient (Wildman–Crippen LogP) is 2.18. The summed E-state index contributed by atoms with van der Waals surface area (Å²) in [7, 11) is 1.54. The number of rotatable bonds is 8. The number of hydrogen-bond donors (Lipinski definition) is 1. The van der Waals surface area contributed by atoms with Gasteiger partial charge in [-0.1, -0.05) is 6.92 Å². The maximum atomic E-state index is 12.7. The van der Waals surface area contributed by atoms with Crippen LogP contribution in [0.25, 0.3) is 0 Å². The van der Waals surface area contributed by atoms with Gasteiger partial charge in [0.1, 0.15) is 5.82 Å². The lowest BCUT2D eigenvalue weighted by Gasteiger charge is -2.31. The first kappa shape index (κ1) is 21.7. The molecular weight excluding hydrogens is 384 g/mol. The van der Waals surface area contributed by atoms with Crippen LogP contribution >= 0.6 is 0 Å². The standard InChI is InChI=1S/C22H28N4O4/c1-3-17-13-19(27)25-18(24-17)5-4-6-21(28)26-11-9-15(10-12-26)22(29)16-7-8-20(30-2)23-14-16/h7-8,13-15H,3-6,9-12H2,1-2H3,(H,24,25,27). The number of hydrogen-bond acceptors (Lipinski definition) is 6. The molecule has 8 heteroatoms. The van der Waals surface area contributed by atoms with Gasteiger partial charge in [0.2, 0.25) is 11.8 Å². The zero-order valence-electron chi connectivity index (χ0n) is 17.5. The highest BCUT2D eigenvalue weighted by molar-refractivity contribution is 5.97. The summed E-state index contributed by atoms with van der Waals surface area (Å²) in [6.07, 6.45) is 5.16. The number of Topliss-reactive ketones (excluding diaryl/α,β-unsaturated/α-hetero) is 1. The number of ketones is 1. The Bertz CT molecular complexity index is 931. The van der Waals surface area contributed by atoms with Gasteiger partial charge in [-0.3, -0.25) is 14.4 Å². The van der Waals surface area contributed by atoms with Crippen molar-refractivity contribution in [3.63, 3.8) is 0 Å². The first-order chi connectivity index (χ1) is 14.5. The molecule has 1 amide bonds. The number of aryl methyl sites for hydroxylation is 2. The quantitative estimate of drug-likeness (QED) is 0.666. The molecule has 1 N–H and O–H groups in total. The lowest BCUT2D eigenvalue weighted by atomic mass is 9.89. The minimum atomic E-state index is -0.151. The highest BCUT2D eigenvalue weighted by atomic mass is 16.5. The van der Waals surface area contributed by atoms with Gasteiger partial charge in [-0.2, -0.15) is 0 Å². The van der Waals surface area contributed by atoms with Gasteiger partial charge in [-0.15, -0.1) is 0 Å². The Kier molecular flexibility index (Phi) is 7.32. The van der Waals surface area contributed by atoms with Gasteiger partial charge in [-0.25, -0.2) is 9.97 Å². The number of nitrogens with one attached hydrogen (secondary N) is 1. The molecule has 3 heterocycles. The number of aromatic nitrogens is 3. The number of piperidine rings is 1. The van der Waals surface area contributed by atoms with Crippen molar-refractivity contribution >= 4 is 11.7 Å². The lowest BCUT2D eigenvalue weighted by Crippen LogP contribution is -2.40. The molecule has 2 aromatic heterocycles. The minimum absolute atomic E-state index is 0.0723. The second-order valence-electron chi connectivity index (χ2n) is 7.50. The molecule has 8 nitrogen and oxygen atoms in total. The van der Waals surface area contributed by atoms with E-state index in [4.69, 9.17) is 4.74 Å². The average Bonchev–Trinajstić information content (AvgIpc) is 2.78. The minimum Gasteiger partial charge on any atom is -0.481 e. The Morgan fingerprint density at radius 2 is 2.03 bits per heavy atom. The van der Waals surface area contributed by atoms with Crippen LogP contribution in [-0.2, 0) is 17.6 Å². The summed E-state index contributed by atoms with van der Waals surface area (Å²) in [5.41, 5.74) is 1.19. The summed E-state index contributed by atoms with van der Waals surface area (Å²) in [5, 5.41) is 0. The molecule has 0 bridgehead atoms. The normalized spacial score (nSPS) is 14.5. The van der Waals surface area contributed by atoms with Crippen LogP contribution in [0.1, 0.15) is 54.5 Å². The Morgan fingerprint density at radius 1 is 1.27 bits per heavy atom. The highest BCUT2D eigenvalue weighted by Crippen LogP contribution is 2.23. The van der Waals surface area contributed by atoms with Crippen LogP contribution in [-0.4, -0.2) is 51.7 Å². The van der Waals surface area contributed by atoms with Gasteiger partial charge in [0, 0.05) is 61.4 Å². The fraction of sp³-hybridized carbons (Fsp3) is 0.500. The van der Waals surface area contributed by atoms with Crippen molar-refractivity contribution in [3.05, 3.63) is 51.8 Å². The van der Waals surface area contributed by atoms with E-state index < -0.39 is 0 Å². The second kappa shape index (κ2) is 10.1.